The topological polar surface area (TPSA) is 54.2 Å². The summed E-state index contributed by atoms with van der Waals surface area (Å²) in [5.41, 5.74) is 4.57. The SMILES string of the molecule is CN(C)c1ccc(C(c2c(O)ccc3ccccc23)n2nc3ccccc3n2)cc1. The van der Waals surface area contributed by atoms with Gasteiger partial charge in [0.15, 0.2) is 0 Å². The zero-order chi connectivity index (χ0) is 20.7. The van der Waals surface area contributed by atoms with E-state index in [1.165, 1.54) is 0 Å². The number of anilines is 1. The van der Waals surface area contributed by atoms with E-state index in [2.05, 4.69) is 35.2 Å². The van der Waals surface area contributed by atoms with Gasteiger partial charge in [0.05, 0.1) is 0 Å². The number of rotatable bonds is 4. The highest BCUT2D eigenvalue weighted by molar-refractivity contribution is 5.88. The minimum absolute atomic E-state index is 0.233. The molecule has 0 fully saturated rings. The molecule has 0 amide bonds. The Hall–Kier alpha value is -3.86. The summed E-state index contributed by atoms with van der Waals surface area (Å²) in [4.78, 5) is 3.78. The van der Waals surface area contributed by atoms with E-state index in [0.717, 1.165) is 38.6 Å². The molecule has 0 radical (unpaired) electrons. The first-order valence-electron chi connectivity index (χ1n) is 9.91. The van der Waals surface area contributed by atoms with Gasteiger partial charge in [-0.3, -0.25) is 0 Å². The van der Waals surface area contributed by atoms with Gasteiger partial charge in [0, 0.05) is 25.3 Å². The number of fused-ring (bicyclic) bond motifs is 2. The van der Waals surface area contributed by atoms with Crippen LogP contribution >= 0.6 is 0 Å². The Morgan fingerprint density at radius 2 is 1.40 bits per heavy atom. The van der Waals surface area contributed by atoms with E-state index in [0.29, 0.717) is 0 Å². The molecule has 4 aromatic carbocycles. The van der Waals surface area contributed by atoms with Crippen LogP contribution in [0.4, 0.5) is 5.69 Å². The monoisotopic (exact) mass is 394 g/mol. The van der Waals surface area contributed by atoms with Crippen LogP contribution < -0.4 is 4.90 Å². The van der Waals surface area contributed by atoms with Gasteiger partial charge in [-0.15, -0.1) is 0 Å². The van der Waals surface area contributed by atoms with Crippen molar-refractivity contribution in [1.29, 1.82) is 0 Å². The molecule has 148 valence electrons. The molecule has 5 aromatic rings. The minimum atomic E-state index is -0.361. The van der Waals surface area contributed by atoms with Gasteiger partial charge in [0.1, 0.15) is 22.8 Å². The summed E-state index contributed by atoms with van der Waals surface area (Å²) in [5.74, 6) is 0.233. The molecule has 0 aliphatic carbocycles. The second-order valence-corrected chi connectivity index (χ2v) is 7.62. The van der Waals surface area contributed by atoms with Crippen molar-refractivity contribution in [1.82, 2.24) is 15.0 Å². The maximum atomic E-state index is 10.9. The first-order chi connectivity index (χ1) is 14.6. The Bertz CT molecular complexity index is 1310. The minimum Gasteiger partial charge on any atom is -0.508 e. The third kappa shape index (κ3) is 3.05. The summed E-state index contributed by atoms with van der Waals surface area (Å²) in [6.45, 7) is 0. The molecule has 0 saturated heterocycles. The van der Waals surface area contributed by atoms with Crippen LogP contribution in [0.1, 0.15) is 17.2 Å². The molecule has 1 aromatic heterocycles. The number of nitrogens with zero attached hydrogens (tertiary/aromatic N) is 4. The number of hydrogen-bond acceptors (Lipinski definition) is 4. The van der Waals surface area contributed by atoms with E-state index in [4.69, 9.17) is 10.2 Å². The first-order valence-corrected chi connectivity index (χ1v) is 9.91. The number of benzene rings is 4. The summed E-state index contributed by atoms with van der Waals surface area (Å²) >= 11 is 0. The lowest BCUT2D eigenvalue weighted by molar-refractivity contribution is 0.448. The fourth-order valence-electron chi connectivity index (χ4n) is 3.93. The normalized spacial score (nSPS) is 12.3. The van der Waals surface area contributed by atoms with Crippen LogP contribution in [0.3, 0.4) is 0 Å². The summed E-state index contributed by atoms with van der Waals surface area (Å²) in [5, 5.41) is 22.5. The standard InChI is InChI=1S/C25H22N4O/c1-28(2)19-14-11-18(12-15-19)25(29-26-21-9-5-6-10-22(21)27-29)24-20-8-4-3-7-17(20)13-16-23(24)30/h3-16,25,30H,1-2H3. The maximum absolute atomic E-state index is 10.9. The Labute approximate surface area is 174 Å². The third-order valence-corrected chi connectivity index (χ3v) is 5.48. The highest BCUT2D eigenvalue weighted by Crippen LogP contribution is 2.38. The highest BCUT2D eigenvalue weighted by Gasteiger charge is 2.25. The average Bonchev–Trinajstić information content (AvgIpc) is 3.19. The largest absolute Gasteiger partial charge is 0.508 e. The molecule has 1 heterocycles. The van der Waals surface area contributed by atoms with E-state index in [1.807, 2.05) is 62.6 Å². The number of aromatic nitrogens is 3. The molecule has 0 spiro atoms. The van der Waals surface area contributed by atoms with Crippen LogP contribution in [0.2, 0.25) is 0 Å². The first kappa shape index (κ1) is 18.2. The molecule has 0 aliphatic rings. The molecule has 1 N–H and O–H groups in total. The highest BCUT2D eigenvalue weighted by atomic mass is 16.3. The van der Waals surface area contributed by atoms with E-state index >= 15 is 0 Å². The van der Waals surface area contributed by atoms with Gasteiger partial charge in [-0.2, -0.15) is 15.0 Å². The van der Waals surface area contributed by atoms with E-state index in [1.54, 1.807) is 10.9 Å². The molecule has 0 aliphatic heterocycles. The molecule has 1 atom stereocenters. The van der Waals surface area contributed by atoms with Gasteiger partial charge in [-0.1, -0.05) is 54.6 Å². The van der Waals surface area contributed by atoms with E-state index in [-0.39, 0.29) is 11.8 Å². The van der Waals surface area contributed by atoms with Gasteiger partial charge in [0.25, 0.3) is 0 Å². The average molecular weight is 394 g/mol. The van der Waals surface area contributed by atoms with Gasteiger partial charge >= 0.3 is 0 Å². The summed E-state index contributed by atoms with van der Waals surface area (Å²) in [7, 11) is 4.04. The van der Waals surface area contributed by atoms with Crippen LogP contribution in [0.15, 0.2) is 84.9 Å². The zero-order valence-corrected chi connectivity index (χ0v) is 16.9. The molecule has 0 saturated carbocycles. The van der Waals surface area contributed by atoms with Crippen molar-refractivity contribution in [3.8, 4) is 5.75 Å². The quantitative estimate of drug-likeness (QED) is 0.466. The van der Waals surface area contributed by atoms with Crippen molar-refractivity contribution in [3.63, 3.8) is 0 Å². The fraction of sp³-hybridized carbons (Fsp3) is 0.120. The Morgan fingerprint density at radius 3 is 2.07 bits per heavy atom. The third-order valence-electron chi connectivity index (χ3n) is 5.48. The lowest BCUT2D eigenvalue weighted by Crippen LogP contribution is -2.16. The van der Waals surface area contributed by atoms with Crippen molar-refractivity contribution in [2.24, 2.45) is 0 Å². The number of phenolic OH excluding ortho intramolecular Hbond substituents is 1. The molecule has 5 nitrogen and oxygen atoms in total. The van der Waals surface area contributed by atoms with Crippen molar-refractivity contribution in [3.05, 3.63) is 96.1 Å². The Balaban J connectivity index is 1.78. The smallest absolute Gasteiger partial charge is 0.126 e. The Morgan fingerprint density at radius 1 is 0.767 bits per heavy atom. The number of aromatic hydroxyl groups is 1. The predicted octanol–water partition coefficient (Wildman–Crippen LogP) is 4.99. The molecule has 1 unspecified atom stereocenters. The predicted molar refractivity (Wildman–Crippen MR) is 121 cm³/mol. The van der Waals surface area contributed by atoms with Crippen LogP contribution in [0.25, 0.3) is 21.8 Å². The van der Waals surface area contributed by atoms with Crippen molar-refractivity contribution in [2.75, 3.05) is 19.0 Å². The number of hydrogen-bond donors (Lipinski definition) is 1. The van der Waals surface area contributed by atoms with Gasteiger partial charge in [-0.25, -0.2) is 0 Å². The zero-order valence-electron chi connectivity index (χ0n) is 16.9. The lowest BCUT2D eigenvalue weighted by Gasteiger charge is -2.21. The molecule has 0 bridgehead atoms. The van der Waals surface area contributed by atoms with Crippen molar-refractivity contribution >= 4 is 27.5 Å². The molecular formula is C25H22N4O. The lowest BCUT2D eigenvalue weighted by atomic mass is 9.93. The van der Waals surface area contributed by atoms with Gasteiger partial charge in [-0.05, 0) is 46.7 Å². The van der Waals surface area contributed by atoms with Crippen LogP contribution in [0, 0.1) is 0 Å². The van der Waals surface area contributed by atoms with E-state index < -0.39 is 0 Å². The number of phenols is 1. The van der Waals surface area contributed by atoms with Gasteiger partial charge in [0.2, 0.25) is 0 Å². The van der Waals surface area contributed by atoms with Crippen molar-refractivity contribution < 1.29 is 5.11 Å². The summed E-state index contributed by atoms with van der Waals surface area (Å²) in [6.07, 6.45) is 0. The Kier molecular flexibility index (Phi) is 4.36. The van der Waals surface area contributed by atoms with Crippen LogP contribution in [-0.2, 0) is 0 Å². The second-order valence-electron chi connectivity index (χ2n) is 7.62. The molecular weight excluding hydrogens is 372 g/mol. The van der Waals surface area contributed by atoms with Crippen LogP contribution in [-0.4, -0.2) is 34.2 Å². The molecule has 30 heavy (non-hydrogen) atoms. The molecule has 5 rings (SSSR count). The summed E-state index contributed by atoms with van der Waals surface area (Å²) in [6, 6.07) is 27.5. The van der Waals surface area contributed by atoms with Crippen LogP contribution in [0.5, 0.6) is 5.75 Å². The summed E-state index contributed by atoms with van der Waals surface area (Å²) < 4.78 is 0. The molecule has 5 heteroatoms. The van der Waals surface area contributed by atoms with Gasteiger partial charge < -0.3 is 10.0 Å². The second kappa shape index (κ2) is 7.19. The maximum Gasteiger partial charge on any atom is 0.126 e. The fourth-order valence-corrected chi connectivity index (χ4v) is 3.93. The van der Waals surface area contributed by atoms with Crippen molar-refractivity contribution in [2.45, 2.75) is 6.04 Å². The van der Waals surface area contributed by atoms with E-state index in [9.17, 15) is 5.11 Å².